The number of benzene rings is 1. The van der Waals surface area contributed by atoms with E-state index in [1.807, 2.05) is 25.1 Å². The highest BCUT2D eigenvalue weighted by Gasteiger charge is 2.26. The van der Waals surface area contributed by atoms with Crippen molar-refractivity contribution in [2.75, 3.05) is 13.7 Å². The second-order valence-electron chi connectivity index (χ2n) is 4.34. The SMILES string of the molecule is COc1c(C)cccc1C1NCCCC1O. The van der Waals surface area contributed by atoms with Gasteiger partial charge in [0, 0.05) is 5.56 Å². The van der Waals surface area contributed by atoms with E-state index in [9.17, 15) is 5.11 Å². The maximum absolute atomic E-state index is 10.0. The minimum absolute atomic E-state index is 0.00333. The Bertz CT molecular complexity index is 365. The molecule has 0 radical (unpaired) electrons. The molecule has 0 aromatic heterocycles. The van der Waals surface area contributed by atoms with E-state index in [0.717, 1.165) is 36.3 Å². The predicted octanol–water partition coefficient (Wildman–Crippen LogP) is 1.79. The van der Waals surface area contributed by atoms with Gasteiger partial charge in [0.25, 0.3) is 0 Å². The molecule has 2 atom stereocenters. The monoisotopic (exact) mass is 221 g/mol. The van der Waals surface area contributed by atoms with E-state index in [1.54, 1.807) is 7.11 Å². The average molecular weight is 221 g/mol. The molecule has 2 unspecified atom stereocenters. The van der Waals surface area contributed by atoms with Crippen molar-refractivity contribution in [3.63, 3.8) is 0 Å². The van der Waals surface area contributed by atoms with Crippen LogP contribution in [0.2, 0.25) is 0 Å². The van der Waals surface area contributed by atoms with E-state index >= 15 is 0 Å². The van der Waals surface area contributed by atoms with Gasteiger partial charge in [0.15, 0.2) is 0 Å². The fourth-order valence-corrected chi connectivity index (χ4v) is 2.39. The molecule has 2 N–H and O–H groups in total. The van der Waals surface area contributed by atoms with Gasteiger partial charge in [-0.1, -0.05) is 18.2 Å². The van der Waals surface area contributed by atoms with Crippen LogP contribution in [-0.4, -0.2) is 24.9 Å². The van der Waals surface area contributed by atoms with Crippen LogP contribution >= 0.6 is 0 Å². The first-order valence-corrected chi connectivity index (χ1v) is 5.79. The lowest BCUT2D eigenvalue weighted by Crippen LogP contribution is -2.37. The van der Waals surface area contributed by atoms with Crippen molar-refractivity contribution in [1.82, 2.24) is 5.32 Å². The van der Waals surface area contributed by atoms with Gasteiger partial charge in [-0.05, 0) is 31.9 Å². The zero-order valence-corrected chi connectivity index (χ0v) is 9.86. The molecule has 1 aromatic rings. The number of nitrogens with one attached hydrogen (secondary N) is 1. The van der Waals surface area contributed by atoms with Crippen molar-refractivity contribution in [3.8, 4) is 5.75 Å². The third-order valence-electron chi connectivity index (χ3n) is 3.21. The van der Waals surface area contributed by atoms with Crippen LogP contribution in [0.4, 0.5) is 0 Å². The second kappa shape index (κ2) is 4.85. The quantitative estimate of drug-likeness (QED) is 0.800. The zero-order valence-electron chi connectivity index (χ0n) is 9.86. The number of aliphatic hydroxyl groups is 1. The minimum Gasteiger partial charge on any atom is -0.496 e. The number of hydrogen-bond donors (Lipinski definition) is 2. The molecule has 1 aromatic carbocycles. The Labute approximate surface area is 96.4 Å². The molecule has 1 fully saturated rings. The Morgan fingerprint density at radius 2 is 2.25 bits per heavy atom. The lowest BCUT2D eigenvalue weighted by molar-refractivity contribution is 0.0952. The maximum atomic E-state index is 10.0. The summed E-state index contributed by atoms with van der Waals surface area (Å²) in [6.45, 7) is 2.98. The number of ether oxygens (including phenoxy) is 1. The molecular formula is C13H19NO2. The fraction of sp³-hybridized carbons (Fsp3) is 0.538. The number of para-hydroxylation sites is 1. The number of rotatable bonds is 2. The number of aryl methyl sites for hydroxylation is 1. The van der Waals surface area contributed by atoms with Crippen LogP contribution in [0, 0.1) is 6.92 Å². The average Bonchev–Trinajstić information content (AvgIpc) is 2.29. The molecule has 1 saturated heterocycles. The summed E-state index contributed by atoms with van der Waals surface area (Å²) < 4.78 is 5.43. The van der Waals surface area contributed by atoms with Crippen molar-refractivity contribution >= 4 is 0 Å². The lowest BCUT2D eigenvalue weighted by Gasteiger charge is -2.30. The summed E-state index contributed by atoms with van der Waals surface area (Å²) in [4.78, 5) is 0. The number of hydrogen-bond acceptors (Lipinski definition) is 3. The van der Waals surface area contributed by atoms with Crippen molar-refractivity contribution in [3.05, 3.63) is 29.3 Å². The molecule has 88 valence electrons. The van der Waals surface area contributed by atoms with Crippen LogP contribution in [-0.2, 0) is 0 Å². The van der Waals surface area contributed by atoms with Gasteiger partial charge in [-0.25, -0.2) is 0 Å². The molecule has 3 nitrogen and oxygen atoms in total. The molecule has 16 heavy (non-hydrogen) atoms. The summed E-state index contributed by atoms with van der Waals surface area (Å²) in [5.41, 5.74) is 2.18. The summed E-state index contributed by atoms with van der Waals surface area (Å²) >= 11 is 0. The third kappa shape index (κ3) is 2.06. The van der Waals surface area contributed by atoms with Crippen molar-refractivity contribution in [2.24, 2.45) is 0 Å². The smallest absolute Gasteiger partial charge is 0.126 e. The molecule has 0 aliphatic carbocycles. The highest BCUT2D eigenvalue weighted by Crippen LogP contribution is 2.32. The van der Waals surface area contributed by atoms with Crippen LogP contribution in [0.3, 0.4) is 0 Å². The third-order valence-corrected chi connectivity index (χ3v) is 3.21. The van der Waals surface area contributed by atoms with Crippen molar-refractivity contribution in [1.29, 1.82) is 0 Å². The zero-order chi connectivity index (χ0) is 11.5. The van der Waals surface area contributed by atoms with Crippen LogP contribution in [0.15, 0.2) is 18.2 Å². The van der Waals surface area contributed by atoms with Gasteiger partial charge < -0.3 is 15.2 Å². The summed E-state index contributed by atoms with van der Waals surface area (Å²) in [5.74, 6) is 0.890. The van der Waals surface area contributed by atoms with Crippen LogP contribution in [0.1, 0.15) is 30.0 Å². The van der Waals surface area contributed by atoms with Gasteiger partial charge in [0.1, 0.15) is 5.75 Å². The van der Waals surface area contributed by atoms with E-state index < -0.39 is 0 Å². The number of aliphatic hydroxyl groups excluding tert-OH is 1. The molecule has 1 aliphatic heterocycles. The van der Waals surface area contributed by atoms with Gasteiger partial charge in [-0.2, -0.15) is 0 Å². The van der Waals surface area contributed by atoms with E-state index in [-0.39, 0.29) is 12.1 Å². The standard InChI is InChI=1S/C13H19NO2/c1-9-5-3-6-10(13(9)16-2)12-11(15)7-4-8-14-12/h3,5-6,11-12,14-15H,4,7-8H2,1-2H3. The minimum atomic E-state index is -0.315. The number of methoxy groups -OCH3 is 1. The largest absolute Gasteiger partial charge is 0.496 e. The first-order chi connectivity index (χ1) is 7.74. The Kier molecular flexibility index (Phi) is 3.46. The van der Waals surface area contributed by atoms with E-state index in [4.69, 9.17) is 4.74 Å². The van der Waals surface area contributed by atoms with Crippen LogP contribution in [0.25, 0.3) is 0 Å². The topological polar surface area (TPSA) is 41.5 Å². The molecule has 0 amide bonds. The van der Waals surface area contributed by atoms with Gasteiger partial charge in [0.2, 0.25) is 0 Å². The first-order valence-electron chi connectivity index (χ1n) is 5.79. The Hall–Kier alpha value is -1.06. The highest BCUT2D eigenvalue weighted by molar-refractivity contribution is 5.43. The highest BCUT2D eigenvalue weighted by atomic mass is 16.5. The van der Waals surface area contributed by atoms with E-state index in [0.29, 0.717) is 0 Å². The van der Waals surface area contributed by atoms with Crippen molar-refractivity contribution < 1.29 is 9.84 Å². The summed E-state index contributed by atoms with van der Waals surface area (Å²) in [7, 11) is 1.68. The molecule has 3 heteroatoms. The Balaban J connectivity index is 2.34. The number of piperidine rings is 1. The fourth-order valence-electron chi connectivity index (χ4n) is 2.39. The van der Waals surface area contributed by atoms with Crippen LogP contribution in [0.5, 0.6) is 5.75 Å². The second-order valence-corrected chi connectivity index (χ2v) is 4.34. The molecule has 0 spiro atoms. The first kappa shape index (κ1) is 11.4. The molecule has 1 heterocycles. The van der Waals surface area contributed by atoms with Gasteiger partial charge in [0.05, 0.1) is 19.3 Å². The summed E-state index contributed by atoms with van der Waals surface area (Å²) in [6.07, 6.45) is 1.57. The maximum Gasteiger partial charge on any atom is 0.126 e. The molecule has 0 saturated carbocycles. The van der Waals surface area contributed by atoms with Gasteiger partial charge in [-0.15, -0.1) is 0 Å². The molecule has 1 aliphatic rings. The van der Waals surface area contributed by atoms with Gasteiger partial charge in [-0.3, -0.25) is 0 Å². The molecular weight excluding hydrogens is 202 g/mol. The van der Waals surface area contributed by atoms with Crippen molar-refractivity contribution in [2.45, 2.75) is 31.9 Å². The summed E-state index contributed by atoms with van der Waals surface area (Å²) in [6, 6.07) is 6.06. The molecule has 2 rings (SSSR count). The van der Waals surface area contributed by atoms with E-state index in [1.165, 1.54) is 0 Å². The summed E-state index contributed by atoms with van der Waals surface area (Å²) in [5, 5.41) is 13.4. The van der Waals surface area contributed by atoms with E-state index in [2.05, 4.69) is 5.32 Å². The Morgan fingerprint density at radius 3 is 2.94 bits per heavy atom. The Morgan fingerprint density at radius 1 is 1.44 bits per heavy atom. The lowest BCUT2D eigenvalue weighted by atomic mass is 9.93. The molecule has 0 bridgehead atoms. The van der Waals surface area contributed by atoms with Crippen LogP contribution < -0.4 is 10.1 Å². The normalized spacial score (nSPS) is 25.4. The van der Waals surface area contributed by atoms with Gasteiger partial charge >= 0.3 is 0 Å². The predicted molar refractivity (Wildman–Crippen MR) is 63.7 cm³/mol.